The van der Waals surface area contributed by atoms with Crippen molar-refractivity contribution in [2.75, 3.05) is 7.05 Å². The van der Waals surface area contributed by atoms with E-state index in [1.165, 1.54) is 0 Å². The van der Waals surface area contributed by atoms with Crippen LogP contribution in [0.1, 0.15) is 6.92 Å². The second-order valence-electron chi connectivity index (χ2n) is 1.60. The maximum atomic E-state index is 3.94. The lowest BCUT2D eigenvalue weighted by molar-refractivity contribution is 1.43. The molecule has 0 aliphatic carbocycles. The van der Waals surface area contributed by atoms with Crippen molar-refractivity contribution in [1.29, 1.82) is 0 Å². The minimum absolute atomic E-state index is 0.964. The molecule has 1 nitrogen and oxygen atoms in total. The summed E-state index contributed by atoms with van der Waals surface area (Å²) in [7, 11) is 1.76. The molecule has 2 heteroatoms. The van der Waals surface area contributed by atoms with Crippen LogP contribution in [0.3, 0.4) is 0 Å². The summed E-state index contributed by atoms with van der Waals surface area (Å²) in [6.07, 6.45) is 3.64. The molecule has 9 heavy (non-hydrogen) atoms. The molecule has 0 unspecified atom stereocenters. The molecule has 0 aliphatic heterocycles. The van der Waals surface area contributed by atoms with E-state index in [-0.39, 0.29) is 0 Å². The molecule has 0 saturated heterocycles. The summed E-state index contributed by atoms with van der Waals surface area (Å²) in [5.74, 6) is 0. The fraction of sp³-hybridized carbons (Fsp3) is 0.286. The Hall–Kier alpha value is -0.370. The minimum Gasteiger partial charge on any atom is -0.293 e. The third-order valence-corrected chi connectivity index (χ3v) is 1.45. The van der Waals surface area contributed by atoms with Crippen LogP contribution in [-0.2, 0) is 0 Å². The van der Waals surface area contributed by atoms with Crippen LogP contribution in [0.4, 0.5) is 0 Å². The highest BCUT2D eigenvalue weighted by molar-refractivity contribution is 9.11. The first kappa shape index (κ1) is 8.63. The van der Waals surface area contributed by atoms with Gasteiger partial charge in [-0.25, -0.2) is 0 Å². The Morgan fingerprint density at radius 1 is 1.67 bits per heavy atom. The van der Waals surface area contributed by atoms with Gasteiger partial charge < -0.3 is 0 Å². The predicted octanol–water partition coefficient (Wildman–Crippen LogP) is 2.54. The topological polar surface area (TPSA) is 12.4 Å². The number of hydrogen-bond acceptors (Lipinski definition) is 1. The van der Waals surface area contributed by atoms with Crippen molar-refractivity contribution < 1.29 is 0 Å². The Kier molecular flexibility index (Phi) is 4.32. The summed E-state index contributed by atoms with van der Waals surface area (Å²) in [5.41, 5.74) is 0.988. The van der Waals surface area contributed by atoms with Gasteiger partial charge in [0.25, 0.3) is 0 Å². The number of hydrogen-bond donors (Lipinski definition) is 0. The average Bonchev–Trinajstić information content (AvgIpc) is 1.87. The summed E-state index contributed by atoms with van der Waals surface area (Å²) in [5, 5.41) is 0. The van der Waals surface area contributed by atoms with Crippen molar-refractivity contribution >= 4 is 21.6 Å². The molecule has 0 atom stereocenters. The van der Waals surface area contributed by atoms with Crippen molar-refractivity contribution in [3.05, 3.63) is 23.2 Å². The molecule has 0 rings (SSSR count). The van der Waals surface area contributed by atoms with Crippen LogP contribution in [0.2, 0.25) is 0 Å². The first-order valence-corrected chi connectivity index (χ1v) is 3.43. The monoisotopic (exact) mass is 187 g/mol. The van der Waals surface area contributed by atoms with E-state index in [9.17, 15) is 0 Å². The molecule has 0 amide bonds. The van der Waals surface area contributed by atoms with Gasteiger partial charge in [-0.3, -0.25) is 4.99 Å². The van der Waals surface area contributed by atoms with E-state index >= 15 is 0 Å². The standard InChI is InChI=1S/C7H10BrN/c1-4-7(8)5-6(2)9-3/h4-5H,1H2,2-3H3/b7-5+,9-6?. The maximum absolute atomic E-state index is 3.94. The van der Waals surface area contributed by atoms with Gasteiger partial charge in [-0.05, 0) is 13.0 Å². The Labute approximate surface area is 64.3 Å². The fourth-order valence-corrected chi connectivity index (χ4v) is 0.654. The zero-order chi connectivity index (χ0) is 7.28. The molecular formula is C7H10BrN. The van der Waals surface area contributed by atoms with Gasteiger partial charge in [0, 0.05) is 17.2 Å². The number of allylic oxidation sites excluding steroid dienone is 3. The molecule has 0 aromatic carbocycles. The SMILES string of the molecule is C=C/C(Br)=C\C(C)=NC. The van der Waals surface area contributed by atoms with Crippen molar-refractivity contribution in [2.45, 2.75) is 6.92 Å². The predicted molar refractivity (Wildman–Crippen MR) is 46.2 cm³/mol. The molecule has 0 fully saturated rings. The molecule has 0 N–H and O–H groups in total. The van der Waals surface area contributed by atoms with Crippen molar-refractivity contribution in [2.24, 2.45) is 4.99 Å². The van der Waals surface area contributed by atoms with Crippen LogP contribution >= 0.6 is 15.9 Å². The van der Waals surface area contributed by atoms with Gasteiger partial charge in [0.15, 0.2) is 0 Å². The van der Waals surface area contributed by atoms with E-state index in [2.05, 4.69) is 27.5 Å². The highest BCUT2D eigenvalue weighted by atomic mass is 79.9. The number of halogens is 1. The maximum Gasteiger partial charge on any atom is 0.0325 e. The average molecular weight is 188 g/mol. The highest BCUT2D eigenvalue weighted by Crippen LogP contribution is 2.04. The second kappa shape index (κ2) is 4.50. The largest absolute Gasteiger partial charge is 0.293 e. The van der Waals surface area contributed by atoms with Crippen LogP contribution in [0.5, 0.6) is 0 Å². The summed E-state index contributed by atoms with van der Waals surface area (Å²) in [6.45, 7) is 5.51. The molecule has 0 aromatic heterocycles. The molecule has 0 bridgehead atoms. The molecule has 0 spiro atoms. The van der Waals surface area contributed by atoms with Crippen LogP contribution in [0.15, 0.2) is 28.2 Å². The first-order valence-electron chi connectivity index (χ1n) is 2.63. The number of aliphatic imine (C=N–C) groups is 1. The summed E-state index contributed by atoms with van der Waals surface area (Å²) in [4.78, 5) is 3.94. The fourth-order valence-electron chi connectivity index (χ4n) is 0.323. The molecule has 0 radical (unpaired) electrons. The summed E-state index contributed by atoms with van der Waals surface area (Å²) in [6, 6.07) is 0. The molecule has 0 heterocycles. The van der Waals surface area contributed by atoms with Crippen LogP contribution in [-0.4, -0.2) is 12.8 Å². The minimum atomic E-state index is 0.964. The van der Waals surface area contributed by atoms with Crippen LogP contribution < -0.4 is 0 Å². The smallest absolute Gasteiger partial charge is 0.0325 e. The quantitative estimate of drug-likeness (QED) is 0.466. The van der Waals surface area contributed by atoms with Gasteiger partial charge in [0.05, 0.1) is 0 Å². The van der Waals surface area contributed by atoms with Crippen LogP contribution in [0.25, 0.3) is 0 Å². The highest BCUT2D eigenvalue weighted by Gasteiger charge is 1.83. The Morgan fingerprint density at radius 2 is 2.22 bits per heavy atom. The third-order valence-electron chi connectivity index (χ3n) is 0.894. The molecule has 0 aliphatic rings. The van der Waals surface area contributed by atoms with Gasteiger partial charge in [-0.2, -0.15) is 0 Å². The second-order valence-corrected chi connectivity index (χ2v) is 2.51. The third kappa shape index (κ3) is 4.15. The lowest BCUT2D eigenvalue weighted by Crippen LogP contribution is -1.82. The summed E-state index contributed by atoms with van der Waals surface area (Å²) < 4.78 is 0.964. The lowest BCUT2D eigenvalue weighted by Gasteiger charge is -1.87. The van der Waals surface area contributed by atoms with E-state index in [1.807, 2.05) is 13.0 Å². The van der Waals surface area contributed by atoms with E-state index in [1.54, 1.807) is 13.1 Å². The van der Waals surface area contributed by atoms with Gasteiger partial charge in [0.2, 0.25) is 0 Å². The van der Waals surface area contributed by atoms with Crippen LogP contribution in [0, 0.1) is 0 Å². The summed E-state index contributed by atoms with van der Waals surface area (Å²) >= 11 is 3.28. The van der Waals surface area contributed by atoms with Gasteiger partial charge in [0.1, 0.15) is 0 Å². The van der Waals surface area contributed by atoms with Crippen molar-refractivity contribution in [3.8, 4) is 0 Å². The number of nitrogens with zero attached hydrogens (tertiary/aromatic N) is 1. The molecule has 0 aromatic rings. The molecule has 0 saturated carbocycles. The lowest BCUT2D eigenvalue weighted by atomic mass is 10.3. The Bertz CT molecular complexity index is 156. The zero-order valence-electron chi connectivity index (χ0n) is 5.69. The number of rotatable bonds is 2. The molecular weight excluding hydrogens is 178 g/mol. The Morgan fingerprint density at radius 3 is 2.56 bits per heavy atom. The van der Waals surface area contributed by atoms with Gasteiger partial charge >= 0.3 is 0 Å². The zero-order valence-corrected chi connectivity index (χ0v) is 7.27. The van der Waals surface area contributed by atoms with Crippen molar-refractivity contribution in [1.82, 2.24) is 0 Å². The van der Waals surface area contributed by atoms with E-state index < -0.39 is 0 Å². The Balaban J connectivity index is 4.11. The van der Waals surface area contributed by atoms with Gasteiger partial charge in [-0.1, -0.05) is 28.6 Å². The van der Waals surface area contributed by atoms with E-state index in [4.69, 9.17) is 0 Å². The van der Waals surface area contributed by atoms with Gasteiger partial charge in [-0.15, -0.1) is 0 Å². The van der Waals surface area contributed by atoms with E-state index in [0.29, 0.717) is 0 Å². The van der Waals surface area contributed by atoms with Crippen molar-refractivity contribution in [3.63, 3.8) is 0 Å². The molecule has 50 valence electrons. The first-order chi connectivity index (χ1) is 4.20. The van der Waals surface area contributed by atoms with E-state index in [0.717, 1.165) is 10.2 Å². The normalized spacial score (nSPS) is 13.7.